The first-order valence-electron chi connectivity index (χ1n) is 8.20. The van der Waals surface area contributed by atoms with E-state index in [2.05, 4.69) is 33.8 Å². The highest BCUT2D eigenvalue weighted by Crippen LogP contribution is 2.32. The molecule has 0 amide bonds. The Morgan fingerprint density at radius 3 is 2.21 bits per heavy atom. The Balaban J connectivity index is 2.41. The molecule has 0 saturated carbocycles. The van der Waals surface area contributed by atoms with E-state index in [1.165, 1.54) is 12.1 Å². The lowest BCUT2D eigenvalue weighted by atomic mass is 9.94. The zero-order valence-electron chi connectivity index (χ0n) is 14.4. The van der Waals surface area contributed by atoms with Gasteiger partial charge >= 0.3 is 0 Å². The molecule has 0 aliphatic carbocycles. The number of aromatic nitrogens is 2. The van der Waals surface area contributed by atoms with Crippen molar-refractivity contribution in [2.24, 2.45) is 0 Å². The van der Waals surface area contributed by atoms with E-state index in [-0.39, 0.29) is 11.7 Å². The van der Waals surface area contributed by atoms with Crippen LogP contribution in [-0.2, 0) is 0 Å². The van der Waals surface area contributed by atoms with Crippen molar-refractivity contribution < 1.29 is 9.18 Å². The Hall–Kier alpha value is -2.49. The molecule has 1 aromatic carbocycles. The van der Waals surface area contributed by atoms with E-state index in [0.29, 0.717) is 17.2 Å². The number of carbonyl (C=O) groups is 1. The summed E-state index contributed by atoms with van der Waals surface area (Å²) in [7, 11) is 0. The van der Waals surface area contributed by atoms with Crippen molar-refractivity contribution in [2.45, 2.75) is 39.5 Å². The molecule has 124 valence electrons. The Kier molecular flexibility index (Phi) is 4.22. The van der Waals surface area contributed by atoms with E-state index in [1.54, 1.807) is 12.1 Å². The summed E-state index contributed by atoms with van der Waals surface area (Å²) in [5.41, 5.74) is 4.95. The Bertz CT molecular complexity index is 892. The molecule has 4 heteroatoms. The lowest BCUT2D eigenvalue weighted by Crippen LogP contribution is -2.09. The minimum Gasteiger partial charge on any atom is -0.298 e. The molecule has 0 atom stereocenters. The summed E-state index contributed by atoms with van der Waals surface area (Å²) in [6.45, 7) is 8.37. The van der Waals surface area contributed by atoms with Crippen LogP contribution in [0.25, 0.3) is 16.8 Å². The predicted molar refractivity (Wildman–Crippen MR) is 94.2 cm³/mol. The van der Waals surface area contributed by atoms with Crippen LogP contribution in [0.15, 0.2) is 36.4 Å². The van der Waals surface area contributed by atoms with Gasteiger partial charge in [-0.05, 0) is 53.8 Å². The molecular weight excluding hydrogens is 303 g/mol. The maximum Gasteiger partial charge on any atom is 0.152 e. The van der Waals surface area contributed by atoms with Crippen LogP contribution in [0.3, 0.4) is 0 Å². The molecule has 0 radical (unpaired) electrons. The third-order valence-corrected chi connectivity index (χ3v) is 4.31. The predicted octanol–water partition coefficient (Wildman–Crippen LogP) is 5.20. The van der Waals surface area contributed by atoms with Crippen LogP contribution in [-0.4, -0.2) is 15.9 Å². The fourth-order valence-electron chi connectivity index (χ4n) is 3.16. The van der Waals surface area contributed by atoms with Gasteiger partial charge in [-0.3, -0.25) is 4.79 Å². The molecule has 0 fully saturated rings. The molecule has 0 aliphatic rings. The highest BCUT2D eigenvalue weighted by molar-refractivity contribution is 5.90. The number of benzene rings is 1. The quantitative estimate of drug-likeness (QED) is 0.618. The molecule has 0 saturated heterocycles. The number of hydrogen-bond donors (Lipinski definition) is 0. The maximum absolute atomic E-state index is 13.3. The Labute approximate surface area is 141 Å². The van der Waals surface area contributed by atoms with Crippen LogP contribution in [0.5, 0.6) is 0 Å². The normalized spacial score (nSPS) is 11.6. The fraction of sp³-hybridized carbons (Fsp3) is 0.300. The van der Waals surface area contributed by atoms with Gasteiger partial charge in [0.05, 0.1) is 5.52 Å². The Morgan fingerprint density at radius 1 is 1.00 bits per heavy atom. The number of carbonyl (C=O) groups excluding carboxylic acids is 1. The first-order valence-corrected chi connectivity index (χ1v) is 8.20. The molecule has 2 aromatic heterocycles. The smallest absolute Gasteiger partial charge is 0.152 e. The number of hydrogen-bond acceptors (Lipinski definition) is 2. The standard InChI is InChI=1S/C20H21FN2O/c1-12(2)17-9-10-18-19(13(3)4)16(11-24)20(22-23(17)18)14-5-7-15(21)8-6-14/h5-13H,1-4H3. The van der Waals surface area contributed by atoms with Gasteiger partial charge in [0.25, 0.3) is 0 Å². The van der Waals surface area contributed by atoms with E-state index in [4.69, 9.17) is 5.10 Å². The summed E-state index contributed by atoms with van der Waals surface area (Å²) < 4.78 is 15.2. The molecule has 3 nitrogen and oxygen atoms in total. The number of halogens is 1. The van der Waals surface area contributed by atoms with Gasteiger partial charge in [-0.25, -0.2) is 8.91 Å². The molecule has 24 heavy (non-hydrogen) atoms. The van der Waals surface area contributed by atoms with Crippen molar-refractivity contribution >= 4 is 11.8 Å². The van der Waals surface area contributed by atoms with Crippen molar-refractivity contribution in [1.29, 1.82) is 0 Å². The van der Waals surface area contributed by atoms with Crippen molar-refractivity contribution in [3.63, 3.8) is 0 Å². The first-order chi connectivity index (χ1) is 11.4. The number of rotatable bonds is 4. The summed E-state index contributed by atoms with van der Waals surface area (Å²) >= 11 is 0. The van der Waals surface area contributed by atoms with E-state index in [1.807, 2.05) is 10.6 Å². The number of nitrogens with zero attached hydrogens (tertiary/aromatic N) is 2. The summed E-state index contributed by atoms with van der Waals surface area (Å²) in [6, 6.07) is 10.2. The molecule has 2 heterocycles. The van der Waals surface area contributed by atoms with Crippen LogP contribution in [0.1, 0.15) is 61.1 Å². The minimum atomic E-state index is -0.305. The summed E-state index contributed by atoms with van der Waals surface area (Å²) in [5.74, 6) is 0.174. The van der Waals surface area contributed by atoms with Gasteiger partial charge in [-0.15, -0.1) is 0 Å². The van der Waals surface area contributed by atoms with Gasteiger partial charge < -0.3 is 0 Å². The molecule has 3 aromatic rings. The average Bonchev–Trinajstić information content (AvgIpc) is 2.97. The topological polar surface area (TPSA) is 34.4 Å². The average molecular weight is 324 g/mol. The molecular formula is C20H21FN2O. The highest BCUT2D eigenvalue weighted by atomic mass is 19.1. The second-order valence-corrected chi connectivity index (χ2v) is 6.67. The van der Waals surface area contributed by atoms with Crippen molar-refractivity contribution in [1.82, 2.24) is 9.61 Å². The van der Waals surface area contributed by atoms with Gasteiger partial charge in [0.15, 0.2) is 6.29 Å². The lowest BCUT2D eigenvalue weighted by Gasteiger charge is -2.17. The molecule has 0 spiro atoms. The maximum atomic E-state index is 13.3. The Morgan fingerprint density at radius 2 is 1.67 bits per heavy atom. The first kappa shape index (κ1) is 16.4. The molecule has 3 rings (SSSR count). The second-order valence-electron chi connectivity index (χ2n) is 6.67. The number of aldehydes is 1. The van der Waals surface area contributed by atoms with Crippen molar-refractivity contribution in [2.75, 3.05) is 0 Å². The minimum absolute atomic E-state index is 0.171. The van der Waals surface area contributed by atoms with E-state index in [0.717, 1.165) is 28.6 Å². The van der Waals surface area contributed by atoms with Crippen LogP contribution in [0, 0.1) is 5.82 Å². The van der Waals surface area contributed by atoms with Gasteiger partial charge in [-0.1, -0.05) is 27.7 Å². The molecule has 0 unspecified atom stereocenters. The monoisotopic (exact) mass is 324 g/mol. The zero-order valence-corrected chi connectivity index (χ0v) is 14.4. The van der Waals surface area contributed by atoms with Crippen LogP contribution >= 0.6 is 0 Å². The summed E-state index contributed by atoms with van der Waals surface area (Å²) in [5, 5.41) is 4.73. The molecule has 0 N–H and O–H groups in total. The van der Waals surface area contributed by atoms with Crippen LogP contribution in [0.4, 0.5) is 4.39 Å². The zero-order chi connectivity index (χ0) is 17.4. The van der Waals surface area contributed by atoms with E-state index >= 15 is 0 Å². The van der Waals surface area contributed by atoms with Gasteiger partial charge in [0.1, 0.15) is 11.5 Å². The lowest BCUT2D eigenvalue weighted by molar-refractivity contribution is 0.112. The van der Waals surface area contributed by atoms with E-state index < -0.39 is 0 Å². The summed E-state index contributed by atoms with van der Waals surface area (Å²) in [6.07, 6.45) is 0.864. The van der Waals surface area contributed by atoms with Crippen LogP contribution < -0.4 is 0 Å². The second kappa shape index (κ2) is 6.19. The van der Waals surface area contributed by atoms with Crippen molar-refractivity contribution in [3.8, 4) is 11.3 Å². The summed E-state index contributed by atoms with van der Waals surface area (Å²) in [4.78, 5) is 11.9. The van der Waals surface area contributed by atoms with Crippen molar-refractivity contribution in [3.05, 3.63) is 59.0 Å². The molecule has 0 aliphatic heterocycles. The van der Waals surface area contributed by atoms with Gasteiger partial charge in [0.2, 0.25) is 0 Å². The third kappa shape index (κ3) is 2.62. The van der Waals surface area contributed by atoms with Gasteiger partial charge in [-0.2, -0.15) is 5.10 Å². The van der Waals surface area contributed by atoms with E-state index in [9.17, 15) is 9.18 Å². The van der Waals surface area contributed by atoms with Gasteiger partial charge in [0, 0.05) is 16.8 Å². The van der Waals surface area contributed by atoms with Crippen LogP contribution in [0.2, 0.25) is 0 Å². The third-order valence-electron chi connectivity index (χ3n) is 4.31. The SMILES string of the molecule is CC(C)c1c(C=O)c(-c2ccc(F)cc2)nn2c(C(C)C)ccc12. The highest BCUT2D eigenvalue weighted by Gasteiger charge is 2.21. The largest absolute Gasteiger partial charge is 0.298 e. The fourth-order valence-corrected chi connectivity index (χ4v) is 3.16. The molecule has 0 bridgehead atoms. The number of fused-ring (bicyclic) bond motifs is 1.